The zero-order chi connectivity index (χ0) is 34.4. The van der Waals surface area contributed by atoms with E-state index in [4.69, 9.17) is 0 Å². The first kappa shape index (κ1) is 32.7. The van der Waals surface area contributed by atoms with Crippen molar-refractivity contribution in [2.45, 2.75) is 56.7 Å². The van der Waals surface area contributed by atoms with Gasteiger partial charge in [0.15, 0.2) is 5.82 Å². The molecule has 4 fully saturated rings. The highest BCUT2D eigenvalue weighted by molar-refractivity contribution is 5.92. The maximum Gasteiger partial charge on any atom is 0.269 e. The van der Waals surface area contributed by atoms with Crippen molar-refractivity contribution in [1.29, 1.82) is 0 Å². The van der Waals surface area contributed by atoms with Crippen LogP contribution < -0.4 is 16.2 Å². The minimum absolute atomic E-state index is 0.0738. The van der Waals surface area contributed by atoms with Gasteiger partial charge in [0, 0.05) is 64.1 Å². The van der Waals surface area contributed by atoms with E-state index in [0.29, 0.717) is 49.7 Å². The Bertz CT molecular complexity index is 1790. The SMILES string of the molecule is CNC(=O)c1ccc(C2NNC3CCC(N4CC[C@]5(CCN(CC(=O)N6CC=C(c7ccc(-c8ncn(C)n8)cc7)CC6)C5)C4=O)CC32)cn1. The average Bonchev–Trinajstić information content (AvgIpc) is 3.95. The summed E-state index contributed by atoms with van der Waals surface area (Å²) in [5, 5.41) is 7.01. The number of likely N-dealkylation sites (tertiary alicyclic amines) is 2. The Morgan fingerprint density at radius 1 is 1.00 bits per heavy atom. The van der Waals surface area contributed by atoms with Gasteiger partial charge in [-0.05, 0) is 73.8 Å². The number of fused-ring (bicyclic) bond motifs is 1. The molecule has 1 saturated carbocycles. The van der Waals surface area contributed by atoms with Gasteiger partial charge in [-0.1, -0.05) is 36.4 Å². The third-order valence-electron chi connectivity index (χ3n) is 11.8. The molecule has 3 N–H and O–H groups in total. The van der Waals surface area contributed by atoms with Crippen LogP contribution in [0.4, 0.5) is 0 Å². The first-order valence-electron chi connectivity index (χ1n) is 18.0. The van der Waals surface area contributed by atoms with Gasteiger partial charge in [-0.25, -0.2) is 10.4 Å². The van der Waals surface area contributed by atoms with Crippen LogP contribution in [0.25, 0.3) is 17.0 Å². The molecule has 6 heterocycles. The molecule has 3 saturated heterocycles. The summed E-state index contributed by atoms with van der Waals surface area (Å²) in [4.78, 5) is 54.6. The lowest BCUT2D eigenvalue weighted by molar-refractivity contribution is -0.139. The average molecular weight is 679 g/mol. The van der Waals surface area contributed by atoms with Gasteiger partial charge in [0.05, 0.1) is 18.0 Å². The van der Waals surface area contributed by atoms with Crippen molar-refractivity contribution >= 4 is 23.3 Å². The first-order chi connectivity index (χ1) is 24.3. The number of hydrogen-bond acceptors (Lipinski definition) is 9. The number of amides is 3. The molecule has 50 heavy (non-hydrogen) atoms. The first-order valence-corrected chi connectivity index (χ1v) is 18.0. The molecule has 3 amide bonds. The Labute approximate surface area is 292 Å². The van der Waals surface area contributed by atoms with Gasteiger partial charge in [-0.15, -0.1) is 0 Å². The molecule has 0 bridgehead atoms. The largest absolute Gasteiger partial charge is 0.354 e. The van der Waals surface area contributed by atoms with E-state index >= 15 is 0 Å². The van der Waals surface area contributed by atoms with E-state index in [1.165, 1.54) is 11.1 Å². The van der Waals surface area contributed by atoms with E-state index in [9.17, 15) is 14.4 Å². The van der Waals surface area contributed by atoms with Gasteiger partial charge in [0.1, 0.15) is 12.0 Å². The molecule has 2 aromatic heterocycles. The van der Waals surface area contributed by atoms with E-state index < -0.39 is 0 Å². The third-order valence-corrected chi connectivity index (χ3v) is 11.8. The number of aromatic nitrogens is 4. The summed E-state index contributed by atoms with van der Waals surface area (Å²) in [6.45, 7) is 3.89. The van der Waals surface area contributed by atoms with Gasteiger partial charge >= 0.3 is 0 Å². The molecular weight excluding hydrogens is 632 g/mol. The fourth-order valence-electron chi connectivity index (χ4n) is 8.92. The molecule has 5 aliphatic rings. The maximum atomic E-state index is 14.1. The van der Waals surface area contributed by atoms with Gasteiger partial charge < -0.3 is 15.1 Å². The normalized spacial score (nSPS) is 28.3. The molecule has 4 aliphatic heterocycles. The van der Waals surface area contributed by atoms with Crippen LogP contribution in [0.1, 0.15) is 66.2 Å². The van der Waals surface area contributed by atoms with E-state index in [2.05, 4.69) is 71.4 Å². The molecule has 13 nitrogen and oxygen atoms in total. The number of hydrogen-bond donors (Lipinski definition) is 3. The Hall–Kier alpha value is -4.46. The molecule has 4 unspecified atom stereocenters. The monoisotopic (exact) mass is 678 g/mol. The number of carbonyl (C=O) groups is 3. The number of carbonyl (C=O) groups excluding carboxylic acids is 3. The zero-order valence-corrected chi connectivity index (χ0v) is 28.8. The number of rotatable bonds is 7. The van der Waals surface area contributed by atoms with Crippen molar-refractivity contribution in [1.82, 2.24) is 50.6 Å². The summed E-state index contributed by atoms with van der Waals surface area (Å²) in [5.41, 5.74) is 11.4. The number of aryl methyl sites for hydroxylation is 1. The Morgan fingerprint density at radius 2 is 1.82 bits per heavy atom. The quantitative estimate of drug-likeness (QED) is 0.343. The minimum atomic E-state index is -0.381. The van der Waals surface area contributed by atoms with Crippen LogP contribution in [0, 0.1) is 11.3 Å². The molecule has 1 aliphatic carbocycles. The predicted octanol–water partition coefficient (Wildman–Crippen LogP) is 2.16. The lowest BCUT2D eigenvalue weighted by atomic mass is 9.77. The smallest absolute Gasteiger partial charge is 0.269 e. The lowest BCUT2D eigenvalue weighted by Crippen LogP contribution is -2.47. The fourth-order valence-corrected chi connectivity index (χ4v) is 8.92. The van der Waals surface area contributed by atoms with Crippen LogP contribution in [-0.2, 0) is 16.6 Å². The highest BCUT2D eigenvalue weighted by Gasteiger charge is 2.53. The number of benzene rings is 1. The molecule has 13 heteroatoms. The summed E-state index contributed by atoms with van der Waals surface area (Å²) in [5.74, 6) is 1.26. The van der Waals surface area contributed by atoms with Crippen molar-refractivity contribution in [3.8, 4) is 11.4 Å². The number of pyridine rings is 1. The highest BCUT2D eigenvalue weighted by atomic mass is 16.2. The second-order valence-electron chi connectivity index (χ2n) is 14.7. The molecule has 0 radical (unpaired) electrons. The van der Waals surface area contributed by atoms with Crippen LogP contribution >= 0.6 is 0 Å². The number of hydrazine groups is 1. The Balaban J connectivity index is 0.844. The van der Waals surface area contributed by atoms with Crippen LogP contribution in [0.5, 0.6) is 0 Å². The molecule has 1 spiro atoms. The third kappa shape index (κ3) is 6.11. The van der Waals surface area contributed by atoms with Crippen molar-refractivity contribution in [2.75, 3.05) is 46.3 Å². The summed E-state index contributed by atoms with van der Waals surface area (Å²) in [6, 6.07) is 12.7. The summed E-state index contributed by atoms with van der Waals surface area (Å²) in [7, 11) is 3.46. The van der Waals surface area contributed by atoms with E-state index in [1.807, 2.05) is 18.0 Å². The van der Waals surface area contributed by atoms with Crippen LogP contribution in [0.2, 0.25) is 0 Å². The van der Waals surface area contributed by atoms with Gasteiger partial charge in [-0.2, -0.15) is 5.10 Å². The topological polar surface area (TPSA) is 141 Å². The molecular formula is C37H46N10O3. The molecule has 5 atom stereocenters. The lowest BCUT2D eigenvalue weighted by Gasteiger charge is -2.38. The van der Waals surface area contributed by atoms with E-state index in [-0.39, 0.29) is 35.2 Å². The van der Waals surface area contributed by atoms with Crippen LogP contribution in [0.15, 0.2) is 55.0 Å². The zero-order valence-electron chi connectivity index (χ0n) is 28.8. The second kappa shape index (κ2) is 13.3. The van der Waals surface area contributed by atoms with Crippen LogP contribution in [0.3, 0.4) is 0 Å². The molecule has 262 valence electrons. The summed E-state index contributed by atoms with van der Waals surface area (Å²) < 4.78 is 1.70. The maximum absolute atomic E-state index is 14.1. The summed E-state index contributed by atoms with van der Waals surface area (Å²) in [6.07, 6.45) is 11.1. The van der Waals surface area contributed by atoms with Crippen molar-refractivity contribution in [3.05, 3.63) is 71.8 Å². The second-order valence-corrected chi connectivity index (χ2v) is 14.7. The van der Waals surface area contributed by atoms with Crippen molar-refractivity contribution in [3.63, 3.8) is 0 Å². The van der Waals surface area contributed by atoms with Crippen LogP contribution in [-0.4, -0.2) is 111 Å². The van der Waals surface area contributed by atoms with Gasteiger partial charge in [0.2, 0.25) is 11.8 Å². The van der Waals surface area contributed by atoms with Crippen molar-refractivity contribution < 1.29 is 14.4 Å². The molecule has 1 aromatic carbocycles. The van der Waals surface area contributed by atoms with E-state index in [1.54, 1.807) is 30.3 Å². The summed E-state index contributed by atoms with van der Waals surface area (Å²) >= 11 is 0. The highest BCUT2D eigenvalue weighted by Crippen LogP contribution is 2.45. The number of nitrogens with one attached hydrogen (secondary N) is 3. The Kier molecular flexibility index (Phi) is 8.74. The predicted molar refractivity (Wildman–Crippen MR) is 187 cm³/mol. The van der Waals surface area contributed by atoms with Crippen molar-refractivity contribution in [2.24, 2.45) is 18.4 Å². The fraction of sp³-hybridized carbons (Fsp3) is 0.514. The van der Waals surface area contributed by atoms with Gasteiger partial charge in [0.25, 0.3) is 5.91 Å². The standard InChI is InChI=1S/C37H46N10O3/c1-38-35(49)31-9-7-27(20-39-31)33-29-19-28(8-10-30(29)41-42-33)47-18-14-37(36(47)50)13-17-45(22-37)21-32(48)46-15-11-25(12-16-46)24-3-5-26(6-4-24)34-40-23-44(2)43-34/h3-7,9,11,20,23,28-30,33,41-42H,8,10,12-19,21-22H2,1-2H3,(H,38,49)/t28?,29?,30?,33?,37-/m0/s1. The minimum Gasteiger partial charge on any atom is -0.354 e. The van der Waals surface area contributed by atoms with E-state index in [0.717, 1.165) is 62.7 Å². The molecule has 8 rings (SSSR count). The molecule has 3 aromatic rings. The Morgan fingerprint density at radius 3 is 2.54 bits per heavy atom. The van der Waals surface area contributed by atoms with Gasteiger partial charge in [-0.3, -0.25) is 34.4 Å². The number of nitrogens with zero attached hydrogens (tertiary/aromatic N) is 7.